The summed E-state index contributed by atoms with van der Waals surface area (Å²) in [6, 6.07) is 10.1. The number of piperazine rings is 1. The molecule has 0 saturated carbocycles. The maximum absolute atomic E-state index is 13.9. The van der Waals surface area contributed by atoms with E-state index in [4.69, 9.17) is 4.74 Å². The third-order valence-corrected chi connectivity index (χ3v) is 5.74. The fraction of sp³-hybridized carbons (Fsp3) is 0.400. The van der Waals surface area contributed by atoms with Gasteiger partial charge in [-0.15, -0.1) is 0 Å². The molecular weight excluding hydrogens is 411 g/mol. The molecule has 1 N–H and O–H groups in total. The molecule has 0 aliphatic carbocycles. The second-order valence-corrected chi connectivity index (χ2v) is 9.52. The van der Waals surface area contributed by atoms with E-state index in [9.17, 15) is 17.6 Å². The van der Waals surface area contributed by atoms with Crippen molar-refractivity contribution in [3.63, 3.8) is 0 Å². The zero-order valence-corrected chi connectivity index (χ0v) is 17.9. The van der Waals surface area contributed by atoms with E-state index in [0.717, 1.165) is 6.07 Å². The van der Waals surface area contributed by atoms with Crippen LogP contribution in [0.1, 0.15) is 20.8 Å². The molecule has 2 heterocycles. The van der Waals surface area contributed by atoms with Gasteiger partial charge in [0.1, 0.15) is 27.9 Å². The highest BCUT2D eigenvalue weighted by Crippen LogP contribution is 2.21. The minimum Gasteiger partial charge on any atom is -0.444 e. The van der Waals surface area contributed by atoms with Crippen molar-refractivity contribution < 1.29 is 22.3 Å². The first kappa shape index (κ1) is 21.8. The van der Waals surface area contributed by atoms with Gasteiger partial charge in [0.2, 0.25) is 0 Å². The van der Waals surface area contributed by atoms with Crippen LogP contribution in [0.2, 0.25) is 0 Å². The Hall–Kier alpha value is -2.88. The molecule has 1 saturated heterocycles. The number of aromatic nitrogens is 1. The summed E-state index contributed by atoms with van der Waals surface area (Å²) in [4.78, 5) is 19.7. The van der Waals surface area contributed by atoms with Crippen molar-refractivity contribution in [1.82, 2.24) is 9.88 Å². The highest BCUT2D eigenvalue weighted by Gasteiger charge is 2.26. The summed E-state index contributed by atoms with van der Waals surface area (Å²) in [6.07, 6.45) is -0.360. The fourth-order valence-corrected chi connectivity index (χ4v) is 4.04. The second-order valence-electron chi connectivity index (χ2n) is 7.87. The van der Waals surface area contributed by atoms with Crippen LogP contribution < -0.4 is 9.62 Å². The first-order valence-electron chi connectivity index (χ1n) is 9.52. The monoisotopic (exact) mass is 436 g/mol. The lowest BCUT2D eigenvalue weighted by atomic mass is 10.2. The van der Waals surface area contributed by atoms with Crippen molar-refractivity contribution in [3.8, 4) is 0 Å². The van der Waals surface area contributed by atoms with Crippen LogP contribution in [0.4, 0.5) is 20.8 Å². The van der Waals surface area contributed by atoms with E-state index in [1.807, 2.05) is 25.7 Å². The predicted molar refractivity (Wildman–Crippen MR) is 111 cm³/mol. The van der Waals surface area contributed by atoms with Gasteiger partial charge >= 0.3 is 6.09 Å². The van der Waals surface area contributed by atoms with Gasteiger partial charge in [-0.1, -0.05) is 18.2 Å². The number of benzene rings is 1. The molecule has 0 unspecified atom stereocenters. The Morgan fingerprint density at radius 1 is 1.07 bits per heavy atom. The smallest absolute Gasteiger partial charge is 0.410 e. The van der Waals surface area contributed by atoms with Crippen LogP contribution in [0.3, 0.4) is 0 Å². The topological polar surface area (TPSA) is 91.8 Å². The number of nitrogens with one attached hydrogen (secondary N) is 1. The van der Waals surface area contributed by atoms with Gasteiger partial charge < -0.3 is 14.5 Å². The molecule has 162 valence electrons. The van der Waals surface area contributed by atoms with Gasteiger partial charge in [-0.2, -0.15) is 0 Å². The van der Waals surface area contributed by atoms with Crippen LogP contribution in [0, 0.1) is 5.82 Å². The number of amides is 1. The third-order valence-electron chi connectivity index (χ3n) is 4.35. The van der Waals surface area contributed by atoms with Gasteiger partial charge in [-0.25, -0.2) is 22.6 Å². The predicted octanol–water partition coefficient (Wildman–Crippen LogP) is 3.08. The van der Waals surface area contributed by atoms with Gasteiger partial charge in [-0.05, 0) is 45.0 Å². The maximum Gasteiger partial charge on any atom is 0.410 e. The van der Waals surface area contributed by atoms with Crippen LogP contribution in [0.15, 0.2) is 47.4 Å². The van der Waals surface area contributed by atoms with E-state index in [2.05, 4.69) is 9.71 Å². The van der Waals surface area contributed by atoms with Crippen molar-refractivity contribution in [2.24, 2.45) is 0 Å². The molecule has 1 amide bonds. The SMILES string of the molecule is CC(C)(C)OC(=O)N1CCN(c2cccc(NS(=O)(=O)c3ccccc3F)n2)CC1. The normalized spacial score (nSPS) is 15.1. The summed E-state index contributed by atoms with van der Waals surface area (Å²) in [5.74, 6) is -0.183. The van der Waals surface area contributed by atoms with Crippen LogP contribution in [0.5, 0.6) is 0 Å². The molecule has 10 heteroatoms. The summed E-state index contributed by atoms with van der Waals surface area (Å²) in [6.45, 7) is 7.42. The van der Waals surface area contributed by atoms with Crippen molar-refractivity contribution >= 4 is 27.8 Å². The number of hydrogen-bond donors (Lipinski definition) is 1. The Morgan fingerprint density at radius 2 is 1.73 bits per heavy atom. The number of rotatable bonds is 4. The number of carbonyl (C=O) groups excluding carboxylic acids is 1. The van der Waals surface area contributed by atoms with Gasteiger partial charge in [0.15, 0.2) is 0 Å². The molecule has 1 fully saturated rings. The molecule has 2 aromatic rings. The van der Waals surface area contributed by atoms with Crippen LogP contribution in [-0.4, -0.2) is 56.2 Å². The lowest BCUT2D eigenvalue weighted by Crippen LogP contribution is -2.50. The van der Waals surface area contributed by atoms with Crippen LogP contribution >= 0.6 is 0 Å². The molecule has 0 bridgehead atoms. The summed E-state index contributed by atoms with van der Waals surface area (Å²) in [5, 5.41) is 0. The van der Waals surface area contributed by atoms with Crippen molar-refractivity contribution in [3.05, 3.63) is 48.3 Å². The number of halogens is 1. The fourth-order valence-electron chi connectivity index (χ4n) is 2.96. The van der Waals surface area contributed by atoms with Crippen molar-refractivity contribution in [2.45, 2.75) is 31.3 Å². The maximum atomic E-state index is 13.9. The minimum atomic E-state index is -4.10. The van der Waals surface area contributed by atoms with E-state index >= 15 is 0 Å². The summed E-state index contributed by atoms with van der Waals surface area (Å²) in [7, 11) is -4.10. The Balaban J connectivity index is 1.67. The van der Waals surface area contributed by atoms with Gasteiger partial charge in [0, 0.05) is 26.2 Å². The van der Waals surface area contributed by atoms with Crippen LogP contribution in [0.25, 0.3) is 0 Å². The summed E-state index contributed by atoms with van der Waals surface area (Å²) >= 11 is 0. The number of anilines is 2. The first-order valence-corrected chi connectivity index (χ1v) is 11.0. The average molecular weight is 437 g/mol. The number of carbonyl (C=O) groups is 1. The van der Waals surface area contributed by atoms with Crippen molar-refractivity contribution in [1.29, 1.82) is 0 Å². The van der Waals surface area contributed by atoms with E-state index < -0.39 is 26.3 Å². The van der Waals surface area contributed by atoms with Crippen molar-refractivity contribution in [2.75, 3.05) is 35.8 Å². The number of sulfonamides is 1. The molecule has 8 nitrogen and oxygen atoms in total. The van der Waals surface area contributed by atoms with E-state index in [-0.39, 0.29) is 11.9 Å². The molecule has 0 atom stereocenters. The molecule has 1 aliphatic rings. The summed E-state index contributed by atoms with van der Waals surface area (Å²) in [5.41, 5.74) is -0.556. The Kier molecular flexibility index (Phi) is 6.16. The Morgan fingerprint density at radius 3 is 2.37 bits per heavy atom. The van der Waals surface area contributed by atoms with Gasteiger partial charge in [0.05, 0.1) is 0 Å². The van der Waals surface area contributed by atoms with E-state index in [1.54, 1.807) is 17.0 Å². The Bertz CT molecular complexity index is 1020. The molecule has 1 aromatic carbocycles. The molecule has 3 rings (SSSR count). The summed E-state index contributed by atoms with van der Waals surface area (Å²) < 4.78 is 46.5. The molecule has 1 aromatic heterocycles. The lowest BCUT2D eigenvalue weighted by Gasteiger charge is -2.36. The van der Waals surface area contributed by atoms with E-state index in [1.165, 1.54) is 24.3 Å². The average Bonchev–Trinajstić information content (AvgIpc) is 2.67. The number of nitrogens with zero attached hydrogens (tertiary/aromatic N) is 3. The number of hydrogen-bond acceptors (Lipinski definition) is 6. The molecule has 0 spiro atoms. The molecule has 0 radical (unpaired) electrons. The number of ether oxygens (including phenoxy) is 1. The lowest BCUT2D eigenvalue weighted by molar-refractivity contribution is 0.0240. The zero-order chi connectivity index (χ0) is 21.9. The molecule has 30 heavy (non-hydrogen) atoms. The highest BCUT2D eigenvalue weighted by molar-refractivity contribution is 7.92. The quantitative estimate of drug-likeness (QED) is 0.792. The second kappa shape index (κ2) is 8.47. The highest BCUT2D eigenvalue weighted by atomic mass is 32.2. The largest absolute Gasteiger partial charge is 0.444 e. The molecular formula is C20H25FN4O4S. The standard InChI is InChI=1S/C20H25FN4O4S/c1-20(2,3)29-19(26)25-13-11-24(12-14-25)18-10-6-9-17(22-18)23-30(27,28)16-8-5-4-7-15(16)21/h4-10H,11-14H2,1-3H3,(H,22,23). The Labute approximate surface area is 175 Å². The minimum absolute atomic E-state index is 0.0883. The van der Waals surface area contributed by atoms with Crippen LogP contribution in [-0.2, 0) is 14.8 Å². The number of pyridine rings is 1. The molecule has 1 aliphatic heterocycles. The first-order chi connectivity index (χ1) is 14.0. The third kappa shape index (κ3) is 5.38. The van der Waals surface area contributed by atoms with E-state index in [0.29, 0.717) is 32.0 Å². The zero-order valence-electron chi connectivity index (χ0n) is 17.1. The van der Waals surface area contributed by atoms with Gasteiger partial charge in [0.25, 0.3) is 10.0 Å². The van der Waals surface area contributed by atoms with Gasteiger partial charge in [-0.3, -0.25) is 4.72 Å².